The van der Waals surface area contributed by atoms with E-state index in [0.29, 0.717) is 31.1 Å². The van der Waals surface area contributed by atoms with Crippen molar-refractivity contribution >= 4 is 23.5 Å². The summed E-state index contributed by atoms with van der Waals surface area (Å²) >= 11 is 0. The number of ketones is 2. The molecule has 214 valence electrons. The van der Waals surface area contributed by atoms with Crippen molar-refractivity contribution in [2.45, 2.75) is 119 Å². The van der Waals surface area contributed by atoms with Gasteiger partial charge in [0.2, 0.25) is 0 Å². The Hall–Kier alpha value is -1.72. The highest BCUT2D eigenvalue weighted by Gasteiger charge is 2.63. The van der Waals surface area contributed by atoms with Crippen molar-refractivity contribution in [1.29, 1.82) is 0 Å². The van der Waals surface area contributed by atoms with E-state index in [2.05, 4.69) is 20.8 Å². The fourth-order valence-electron chi connectivity index (χ4n) is 9.58. The molecule has 0 aliphatic heterocycles. The molecular formula is C32H50O6. The highest BCUT2D eigenvalue weighted by Crippen LogP contribution is 2.67. The van der Waals surface area contributed by atoms with Crippen LogP contribution in [0.25, 0.3) is 0 Å². The largest absolute Gasteiger partial charge is 0.458 e. The van der Waals surface area contributed by atoms with Crippen LogP contribution in [-0.4, -0.2) is 35.7 Å². The summed E-state index contributed by atoms with van der Waals surface area (Å²) in [7, 11) is 0. The smallest absolute Gasteiger partial charge is 0.303 e. The molecule has 0 heterocycles. The van der Waals surface area contributed by atoms with Crippen molar-refractivity contribution < 1.29 is 32.8 Å². The van der Waals surface area contributed by atoms with Crippen LogP contribution in [0.2, 0.25) is 0 Å². The third-order valence-electron chi connectivity index (χ3n) is 11.7. The first-order valence-electron chi connectivity index (χ1n) is 16.3. The molecule has 0 radical (unpaired) electrons. The zero-order chi connectivity index (χ0) is 30.7. The van der Waals surface area contributed by atoms with E-state index in [0.717, 1.165) is 32.1 Å². The Morgan fingerprint density at radius 1 is 0.895 bits per heavy atom. The molecule has 12 atom stereocenters. The number of hydrogen-bond acceptors (Lipinski definition) is 6. The highest BCUT2D eigenvalue weighted by molar-refractivity contribution is 5.90. The number of rotatable bonds is 7. The fraction of sp³-hybridized carbons (Fsp3) is 0.875. The summed E-state index contributed by atoms with van der Waals surface area (Å²) in [6, 6.07) is 0. The number of carbonyl (C=O) groups is 4. The van der Waals surface area contributed by atoms with Gasteiger partial charge in [-0.2, -0.15) is 0 Å². The number of esters is 2. The number of hydrogen-bond donors (Lipinski definition) is 0. The number of Topliss-reactive ketones (excluding diaryl/α,β-unsaturated/α-hetero) is 2. The van der Waals surface area contributed by atoms with Gasteiger partial charge in [-0.3, -0.25) is 19.2 Å². The topological polar surface area (TPSA) is 86.7 Å². The lowest BCUT2D eigenvalue weighted by molar-refractivity contribution is -0.181. The van der Waals surface area contributed by atoms with Gasteiger partial charge in [-0.05, 0) is 78.4 Å². The van der Waals surface area contributed by atoms with E-state index in [1.165, 1.54) is 13.8 Å². The zero-order valence-corrected chi connectivity index (χ0v) is 24.4. The molecule has 4 aliphatic rings. The number of fused-ring (bicyclic) bond motifs is 5. The lowest BCUT2D eigenvalue weighted by Gasteiger charge is -2.60. The maximum absolute atomic E-state index is 13.5. The molecule has 6 heteroatoms. The second-order valence-corrected chi connectivity index (χ2v) is 13.7. The van der Waals surface area contributed by atoms with Crippen LogP contribution in [0, 0.1) is 58.2 Å². The Bertz CT molecular complexity index is 1060. The van der Waals surface area contributed by atoms with Gasteiger partial charge in [0.1, 0.15) is 23.8 Å². The van der Waals surface area contributed by atoms with Crippen LogP contribution >= 0.6 is 0 Å². The van der Waals surface area contributed by atoms with Crippen LogP contribution in [0.15, 0.2) is 0 Å². The van der Waals surface area contributed by atoms with Crippen LogP contribution in [0.4, 0.5) is 0 Å². The van der Waals surface area contributed by atoms with Crippen LogP contribution in [0.5, 0.6) is 0 Å². The molecule has 38 heavy (non-hydrogen) atoms. The van der Waals surface area contributed by atoms with Crippen LogP contribution in [-0.2, 0) is 28.7 Å². The van der Waals surface area contributed by atoms with E-state index in [4.69, 9.17) is 13.6 Å². The van der Waals surface area contributed by atoms with Gasteiger partial charge in [0, 0.05) is 49.1 Å². The predicted octanol–water partition coefficient (Wildman–Crippen LogP) is 6.19. The summed E-state index contributed by atoms with van der Waals surface area (Å²) in [4.78, 5) is 50.4. The first-order chi connectivity index (χ1) is 18.9. The van der Waals surface area contributed by atoms with Crippen LogP contribution in [0.1, 0.15) is 111 Å². The van der Waals surface area contributed by atoms with E-state index in [1.807, 2.05) is 0 Å². The Labute approximate surface area is 233 Å². The Morgan fingerprint density at radius 2 is 1.53 bits per heavy atom. The first kappa shape index (κ1) is 25.3. The summed E-state index contributed by atoms with van der Waals surface area (Å²) in [5.74, 6) is -1.03. The van der Waals surface area contributed by atoms with Gasteiger partial charge in [-0.25, -0.2) is 0 Å². The second kappa shape index (κ2) is 10.7. The van der Waals surface area contributed by atoms with Crippen LogP contribution in [0.3, 0.4) is 0 Å². The van der Waals surface area contributed by atoms with Gasteiger partial charge < -0.3 is 9.47 Å². The lowest BCUT2D eigenvalue weighted by Crippen LogP contribution is -2.57. The molecule has 0 bridgehead atoms. The van der Waals surface area contributed by atoms with Crippen molar-refractivity contribution in [3.63, 3.8) is 0 Å². The summed E-state index contributed by atoms with van der Waals surface area (Å²) in [6.07, 6.45) is 4.51. The van der Waals surface area contributed by atoms with Crippen molar-refractivity contribution in [2.24, 2.45) is 58.2 Å². The molecule has 0 spiro atoms. The Kier molecular flexibility index (Phi) is 7.11. The molecule has 0 amide bonds. The maximum Gasteiger partial charge on any atom is 0.303 e. The predicted molar refractivity (Wildman–Crippen MR) is 145 cm³/mol. The quantitative estimate of drug-likeness (QED) is 0.363. The molecule has 0 aromatic heterocycles. The molecule has 4 aliphatic carbocycles. The maximum atomic E-state index is 13.5. The average molecular weight is 534 g/mol. The summed E-state index contributed by atoms with van der Waals surface area (Å²) in [5, 5.41) is 0. The van der Waals surface area contributed by atoms with Gasteiger partial charge in [0.05, 0.1) is 0 Å². The van der Waals surface area contributed by atoms with Crippen molar-refractivity contribution in [3.8, 4) is 0 Å². The van der Waals surface area contributed by atoms with Gasteiger partial charge in [-0.1, -0.05) is 41.5 Å². The third kappa shape index (κ3) is 4.98. The van der Waals surface area contributed by atoms with Gasteiger partial charge in [0.15, 0.2) is 0 Å². The average Bonchev–Trinajstić information content (AvgIpc) is 3.22. The fourth-order valence-corrected chi connectivity index (χ4v) is 9.58. The number of ether oxygens (including phenoxy) is 2. The molecular weight excluding hydrogens is 480 g/mol. The third-order valence-corrected chi connectivity index (χ3v) is 11.7. The van der Waals surface area contributed by atoms with Crippen molar-refractivity contribution in [2.75, 3.05) is 0 Å². The zero-order valence-electron chi connectivity index (χ0n) is 27.4. The Balaban J connectivity index is 1.64. The van der Waals surface area contributed by atoms with E-state index in [-0.39, 0.29) is 46.1 Å². The standard InChI is InChI=1S/C32H50O6/c1-17(2)18(3)29(37-20(5)33)30(38-21(6)34)19(4)24-9-10-25-23-16-28(36)27-15-22(35)11-13-32(27,8)26(23)12-14-31(24,25)7/h17-19,23-27,29-30H,9-16H2,1-8H3/t18-,19-,23-,24+,25-,26-,27+,29+,30+,31+,32+/m0/s1/i1D3/t17?,18-,19-,23-,24+,25-,26-,27+,29+,30+,31+,32+. The molecule has 0 N–H and O–H groups in total. The van der Waals surface area contributed by atoms with Gasteiger partial charge in [-0.15, -0.1) is 0 Å². The lowest BCUT2D eigenvalue weighted by atomic mass is 9.44. The van der Waals surface area contributed by atoms with Crippen molar-refractivity contribution in [3.05, 3.63) is 0 Å². The Morgan fingerprint density at radius 3 is 2.16 bits per heavy atom. The van der Waals surface area contributed by atoms with Crippen molar-refractivity contribution in [1.82, 2.24) is 0 Å². The van der Waals surface area contributed by atoms with Crippen LogP contribution < -0.4 is 0 Å². The molecule has 4 rings (SSSR count). The summed E-state index contributed by atoms with van der Waals surface area (Å²) in [6.45, 7) is 10.4. The summed E-state index contributed by atoms with van der Waals surface area (Å²) < 4.78 is 35.7. The minimum absolute atomic E-state index is 0.0907. The van der Waals surface area contributed by atoms with E-state index < -0.39 is 42.8 Å². The molecule has 4 saturated carbocycles. The highest BCUT2D eigenvalue weighted by atomic mass is 16.6. The van der Waals surface area contributed by atoms with E-state index in [1.54, 1.807) is 13.8 Å². The minimum atomic E-state index is -2.25. The number of carbonyl (C=O) groups excluding carboxylic acids is 4. The molecule has 6 nitrogen and oxygen atoms in total. The molecule has 0 saturated heterocycles. The normalized spacial score (nSPS) is 42.1. The molecule has 0 aromatic rings. The SMILES string of the molecule is [2H]C([2H])([2H])C(C)[C@H](C)[C@@H](OC(C)=O)[C@H](OC(C)=O)[C@@H](C)[C@H]1CC[C@H]2[C@@H]3CC(=O)[C@H]4CC(=O)CC[C@]4(C)[C@H]3CC[C@]12C. The van der Waals surface area contributed by atoms with E-state index >= 15 is 0 Å². The monoisotopic (exact) mass is 533 g/mol. The molecule has 0 aromatic carbocycles. The van der Waals surface area contributed by atoms with Gasteiger partial charge in [0.25, 0.3) is 0 Å². The summed E-state index contributed by atoms with van der Waals surface area (Å²) in [5.41, 5.74) is -0.215. The molecule has 4 fully saturated rings. The van der Waals surface area contributed by atoms with E-state index in [9.17, 15) is 19.2 Å². The molecule has 1 unspecified atom stereocenters. The second-order valence-electron chi connectivity index (χ2n) is 13.7. The minimum Gasteiger partial charge on any atom is -0.458 e. The first-order valence-corrected chi connectivity index (χ1v) is 14.8. The van der Waals surface area contributed by atoms with Gasteiger partial charge >= 0.3 is 11.9 Å².